The van der Waals surface area contributed by atoms with Crippen LogP contribution in [-0.2, 0) is 6.54 Å². The van der Waals surface area contributed by atoms with E-state index in [1.807, 2.05) is 25.1 Å². The molecule has 0 aliphatic heterocycles. The Morgan fingerprint density at radius 2 is 1.70 bits per heavy atom. The van der Waals surface area contributed by atoms with Gasteiger partial charge in [0.2, 0.25) is 0 Å². The highest BCUT2D eigenvalue weighted by atomic mass is 35.5. The summed E-state index contributed by atoms with van der Waals surface area (Å²) in [6.45, 7) is 11.1. The SMILES string of the molecule is C=C(NCc1cc(C)cc(C)c1)c1ccc(C)c(Cl)c1. The molecule has 0 fully saturated rings. The molecule has 1 nitrogen and oxygen atoms in total. The Balaban J connectivity index is 2.06. The molecule has 104 valence electrons. The van der Waals surface area contributed by atoms with Crippen LogP contribution in [0.25, 0.3) is 5.70 Å². The van der Waals surface area contributed by atoms with Gasteiger partial charge in [0, 0.05) is 17.3 Å². The molecule has 0 heterocycles. The number of hydrogen-bond acceptors (Lipinski definition) is 1. The first-order valence-corrected chi connectivity index (χ1v) is 7.10. The van der Waals surface area contributed by atoms with E-state index in [1.165, 1.54) is 16.7 Å². The zero-order chi connectivity index (χ0) is 14.7. The molecule has 20 heavy (non-hydrogen) atoms. The summed E-state index contributed by atoms with van der Waals surface area (Å²) in [6.07, 6.45) is 0. The largest absolute Gasteiger partial charge is 0.381 e. The van der Waals surface area contributed by atoms with Crippen molar-refractivity contribution in [1.82, 2.24) is 5.32 Å². The molecule has 2 rings (SSSR count). The molecule has 0 unspecified atom stereocenters. The van der Waals surface area contributed by atoms with E-state index in [9.17, 15) is 0 Å². The third-order valence-electron chi connectivity index (χ3n) is 3.31. The van der Waals surface area contributed by atoms with Gasteiger partial charge in [-0.05, 0) is 43.5 Å². The molecule has 0 aromatic heterocycles. The Bertz CT molecular complexity index is 624. The van der Waals surface area contributed by atoms with Crippen molar-refractivity contribution in [2.75, 3.05) is 0 Å². The van der Waals surface area contributed by atoms with Crippen LogP contribution < -0.4 is 5.32 Å². The lowest BCUT2D eigenvalue weighted by Gasteiger charge is -2.12. The minimum absolute atomic E-state index is 0.771. The summed E-state index contributed by atoms with van der Waals surface area (Å²) in [5, 5.41) is 4.14. The topological polar surface area (TPSA) is 12.0 Å². The van der Waals surface area contributed by atoms with Crippen LogP contribution >= 0.6 is 11.6 Å². The molecule has 2 aromatic carbocycles. The third-order valence-corrected chi connectivity index (χ3v) is 3.71. The molecular weight excluding hydrogens is 266 g/mol. The minimum atomic E-state index is 0.771. The number of nitrogens with one attached hydrogen (secondary N) is 1. The summed E-state index contributed by atoms with van der Waals surface area (Å²) in [7, 11) is 0. The normalized spacial score (nSPS) is 10.4. The van der Waals surface area contributed by atoms with Crippen molar-refractivity contribution in [3.63, 3.8) is 0 Å². The van der Waals surface area contributed by atoms with Gasteiger partial charge in [0.25, 0.3) is 0 Å². The fourth-order valence-corrected chi connectivity index (χ4v) is 2.44. The predicted molar refractivity (Wildman–Crippen MR) is 88.0 cm³/mol. The number of benzene rings is 2. The lowest BCUT2D eigenvalue weighted by molar-refractivity contribution is 0.888. The van der Waals surface area contributed by atoms with Crippen LogP contribution in [0, 0.1) is 20.8 Å². The van der Waals surface area contributed by atoms with Gasteiger partial charge >= 0.3 is 0 Å². The molecule has 1 N–H and O–H groups in total. The van der Waals surface area contributed by atoms with Crippen molar-refractivity contribution in [1.29, 1.82) is 0 Å². The van der Waals surface area contributed by atoms with E-state index in [4.69, 9.17) is 11.6 Å². The molecule has 0 saturated carbocycles. The standard InChI is InChI=1S/C18H20ClN/c1-12-7-13(2)9-16(8-12)11-20-15(4)17-6-5-14(3)18(19)10-17/h5-10,20H,4,11H2,1-3H3. The molecule has 2 aromatic rings. The summed E-state index contributed by atoms with van der Waals surface area (Å²) >= 11 is 6.15. The van der Waals surface area contributed by atoms with Crippen molar-refractivity contribution >= 4 is 17.3 Å². The maximum Gasteiger partial charge on any atom is 0.0441 e. The second-order valence-electron chi connectivity index (χ2n) is 5.29. The van der Waals surface area contributed by atoms with Crippen LogP contribution in [0.4, 0.5) is 0 Å². The predicted octanol–water partition coefficient (Wildman–Crippen LogP) is 5.03. The van der Waals surface area contributed by atoms with Gasteiger partial charge in [-0.2, -0.15) is 0 Å². The van der Waals surface area contributed by atoms with Gasteiger partial charge in [0.15, 0.2) is 0 Å². The number of hydrogen-bond donors (Lipinski definition) is 1. The van der Waals surface area contributed by atoms with Crippen molar-refractivity contribution in [3.05, 3.63) is 75.8 Å². The molecule has 0 radical (unpaired) electrons. The molecule has 2 heteroatoms. The van der Waals surface area contributed by atoms with Gasteiger partial charge < -0.3 is 5.32 Å². The fraction of sp³-hybridized carbons (Fsp3) is 0.222. The molecule has 0 atom stereocenters. The van der Waals surface area contributed by atoms with Gasteiger partial charge in [0.1, 0.15) is 0 Å². The van der Waals surface area contributed by atoms with Crippen molar-refractivity contribution in [3.8, 4) is 0 Å². The molecule has 0 saturated heterocycles. The number of halogens is 1. The van der Waals surface area contributed by atoms with Crippen molar-refractivity contribution < 1.29 is 0 Å². The van der Waals surface area contributed by atoms with Crippen molar-refractivity contribution in [2.24, 2.45) is 0 Å². The van der Waals surface area contributed by atoms with E-state index in [0.717, 1.165) is 28.4 Å². The molecule has 0 aliphatic rings. The van der Waals surface area contributed by atoms with Crippen molar-refractivity contribution in [2.45, 2.75) is 27.3 Å². The van der Waals surface area contributed by atoms with Gasteiger partial charge in [-0.15, -0.1) is 0 Å². The summed E-state index contributed by atoms with van der Waals surface area (Å²) < 4.78 is 0. The molecule has 0 spiro atoms. The summed E-state index contributed by atoms with van der Waals surface area (Å²) in [5.74, 6) is 0. The highest BCUT2D eigenvalue weighted by molar-refractivity contribution is 6.31. The van der Waals surface area contributed by atoms with E-state index in [1.54, 1.807) is 0 Å². The van der Waals surface area contributed by atoms with Crippen LogP contribution in [0.5, 0.6) is 0 Å². The molecule has 0 bridgehead atoms. The van der Waals surface area contributed by atoms with Gasteiger partial charge in [0.05, 0.1) is 0 Å². The van der Waals surface area contributed by atoms with Crippen LogP contribution in [0.3, 0.4) is 0 Å². The highest BCUT2D eigenvalue weighted by Gasteiger charge is 2.02. The number of rotatable bonds is 4. The van der Waals surface area contributed by atoms with Crippen LogP contribution in [0.15, 0.2) is 43.0 Å². The van der Waals surface area contributed by atoms with Crippen LogP contribution in [0.1, 0.15) is 27.8 Å². The zero-order valence-electron chi connectivity index (χ0n) is 12.3. The van der Waals surface area contributed by atoms with Gasteiger partial charge in [-0.3, -0.25) is 0 Å². The Morgan fingerprint density at radius 1 is 1.05 bits per heavy atom. The Hall–Kier alpha value is -1.73. The average molecular weight is 286 g/mol. The maximum absolute atomic E-state index is 6.15. The zero-order valence-corrected chi connectivity index (χ0v) is 13.0. The van der Waals surface area contributed by atoms with Gasteiger partial charge in [-0.25, -0.2) is 0 Å². The monoisotopic (exact) mass is 285 g/mol. The fourth-order valence-electron chi connectivity index (χ4n) is 2.26. The first-order chi connectivity index (χ1) is 9.45. The lowest BCUT2D eigenvalue weighted by Crippen LogP contribution is -2.11. The molecule has 0 amide bonds. The minimum Gasteiger partial charge on any atom is -0.381 e. The molecule has 0 aliphatic carbocycles. The van der Waals surface area contributed by atoms with E-state index >= 15 is 0 Å². The van der Waals surface area contributed by atoms with E-state index in [-0.39, 0.29) is 0 Å². The van der Waals surface area contributed by atoms with E-state index < -0.39 is 0 Å². The smallest absolute Gasteiger partial charge is 0.0441 e. The third kappa shape index (κ3) is 3.64. The van der Waals surface area contributed by atoms with Crippen LogP contribution in [-0.4, -0.2) is 0 Å². The lowest BCUT2D eigenvalue weighted by atomic mass is 10.1. The van der Waals surface area contributed by atoms with E-state index in [0.29, 0.717) is 0 Å². The number of aryl methyl sites for hydroxylation is 3. The van der Waals surface area contributed by atoms with Crippen LogP contribution in [0.2, 0.25) is 5.02 Å². The van der Waals surface area contributed by atoms with E-state index in [2.05, 4.69) is 43.9 Å². The van der Waals surface area contributed by atoms with Gasteiger partial charge in [-0.1, -0.05) is 59.6 Å². The maximum atomic E-state index is 6.15. The first-order valence-electron chi connectivity index (χ1n) is 6.72. The second kappa shape index (κ2) is 6.15. The quantitative estimate of drug-likeness (QED) is 0.831. The average Bonchev–Trinajstić information content (AvgIpc) is 2.38. The second-order valence-corrected chi connectivity index (χ2v) is 5.70. The summed E-state index contributed by atoms with van der Waals surface area (Å²) in [5.41, 5.74) is 6.84. The Morgan fingerprint density at radius 3 is 2.30 bits per heavy atom. The first kappa shape index (κ1) is 14.7. The summed E-state index contributed by atoms with van der Waals surface area (Å²) in [6, 6.07) is 12.6. The summed E-state index contributed by atoms with van der Waals surface area (Å²) in [4.78, 5) is 0. The Labute approximate surface area is 126 Å². The Kier molecular flexibility index (Phi) is 4.51. The highest BCUT2D eigenvalue weighted by Crippen LogP contribution is 2.20. The molecular formula is C18H20ClN.